The van der Waals surface area contributed by atoms with Crippen molar-refractivity contribution in [3.05, 3.63) is 0 Å². The standard InChI is InChI=1S/C11H18N6O7S/c12-10(13)15-22-5-7-3-8(14-23-7)9-2-1-6-4-16(9)11(18)17(6)24-25(19,20)21/h6-7,9H,1-5H2,(H4,12,13,15)(H,19,20,21)/t6-,7?,9+/m1/s1. The first-order valence-electron chi connectivity index (χ1n) is 7.46. The van der Waals surface area contributed by atoms with Gasteiger partial charge in [-0.2, -0.15) is 13.5 Å². The molecular weight excluding hydrogens is 360 g/mol. The molecule has 3 aliphatic heterocycles. The molecule has 3 heterocycles. The second-order valence-electron chi connectivity index (χ2n) is 5.85. The van der Waals surface area contributed by atoms with Gasteiger partial charge in [0.2, 0.25) is 5.96 Å². The molecule has 0 saturated carbocycles. The molecule has 13 nitrogen and oxygen atoms in total. The molecular formula is C11H18N6O7S. The fraction of sp³-hybridized carbons (Fsp3) is 0.727. The summed E-state index contributed by atoms with van der Waals surface area (Å²) >= 11 is 0. The number of amides is 2. The SMILES string of the molecule is N=C(N)NOCC1CC([C@@H]2CC[C@@H]3CN2C(=O)N3OS(=O)(=O)O)=NO1. The van der Waals surface area contributed by atoms with Crippen LogP contribution in [0.1, 0.15) is 19.3 Å². The smallest absolute Gasteiger partial charge is 0.389 e. The number of guanidine groups is 1. The third kappa shape index (κ3) is 3.92. The summed E-state index contributed by atoms with van der Waals surface area (Å²) < 4.78 is 34.9. The minimum atomic E-state index is -4.77. The maximum Gasteiger partial charge on any atom is 0.418 e. The van der Waals surface area contributed by atoms with Crippen molar-refractivity contribution in [1.29, 1.82) is 5.41 Å². The molecule has 0 spiro atoms. The van der Waals surface area contributed by atoms with E-state index >= 15 is 0 Å². The number of rotatable bonds is 6. The Labute approximate surface area is 143 Å². The molecule has 0 aliphatic carbocycles. The third-order valence-corrected chi connectivity index (χ3v) is 4.44. The Morgan fingerprint density at radius 2 is 2.28 bits per heavy atom. The van der Waals surface area contributed by atoms with Gasteiger partial charge in [-0.3, -0.25) is 14.8 Å². The molecule has 0 radical (unpaired) electrons. The predicted octanol–water partition coefficient (Wildman–Crippen LogP) is -1.45. The zero-order valence-corrected chi connectivity index (χ0v) is 13.8. The lowest BCUT2D eigenvalue weighted by Crippen LogP contribution is -2.45. The molecule has 2 amide bonds. The number of hydrogen-bond donors (Lipinski definition) is 4. The van der Waals surface area contributed by atoms with E-state index < -0.39 is 22.5 Å². The summed E-state index contributed by atoms with van der Waals surface area (Å²) in [5.41, 5.74) is 7.92. The van der Waals surface area contributed by atoms with Crippen LogP contribution in [-0.2, 0) is 24.4 Å². The molecule has 0 aromatic carbocycles. The van der Waals surface area contributed by atoms with Crippen LogP contribution in [0, 0.1) is 5.41 Å². The summed E-state index contributed by atoms with van der Waals surface area (Å²) in [6.07, 6.45) is 1.08. The predicted molar refractivity (Wildman–Crippen MR) is 81.3 cm³/mol. The number of carbonyl (C=O) groups is 1. The van der Waals surface area contributed by atoms with Crippen LogP contribution >= 0.6 is 0 Å². The molecule has 0 aromatic heterocycles. The van der Waals surface area contributed by atoms with E-state index in [9.17, 15) is 13.2 Å². The topological polar surface area (TPSA) is 180 Å². The second-order valence-corrected chi connectivity index (χ2v) is 6.86. The van der Waals surface area contributed by atoms with Gasteiger partial charge >= 0.3 is 16.4 Å². The van der Waals surface area contributed by atoms with Crippen molar-refractivity contribution in [3.63, 3.8) is 0 Å². The number of nitrogens with two attached hydrogens (primary N) is 1. The Morgan fingerprint density at radius 3 is 2.96 bits per heavy atom. The lowest BCUT2D eigenvalue weighted by Gasteiger charge is -2.29. The van der Waals surface area contributed by atoms with Gasteiger partial charge in [-0.1, -0.05) is 5.16 Å². The van der Waals surface area contributed by atoms with Crippen LogP contribution in [-0.4, -0.2) is 72.0 Å². The van der Waals surface area contributed by atoms with Crippen LogP contribution in [0.5, 0.6) is 0 Å². The summed E-state index contributed by atoms with van der Waals surface area (Å²) in [5, 5.41) is 11.7. The van der Waals surface area contributed by atoms with Crippen LogP contribution < -0.4 is 11.2 Å². The van der Waals surface area contributed by atoms with Gasteiger partial charge in [-0.15, -0.1) is 4.28 Å². The minimum Gasteiger partial charge on any atom is -0.389 e. The molecule has 25 heavy (non-hydrogen) atoms. The maximum atomic E-state index is 12.3. The number of nitrogens with one attached hydrogen (secondary N) is 2. The normalized spacial score (nSPS) is 28.8. The molecule has 0 aromatic rings. The van der Waals surface area contributed by atoms with Crippen molar-refractivity contribution in [1.82, 2.24) is 15.4 Å². The van der Waals surface area contributed by atoms with Crippen LogP contribution in [0.25, 0.3) is 0 Å². The van der Waals surface area contributed by atoms with E-state index in [0.717, 1.165) is 0 Å². The number of urea groups is 1. The van der Waals surface area contributed by atoms with E-state index in [-0.39, 0.29) is 31.3 Å². The summed E-state index contributed by atoms with van der Waals surface area (Å²) in [4.78, 5) is 24.0. The first-order valence-corrected chi connectivity index (χ1v) is 8.82. The Hall–Kier alpha value is -2.16. The minimum absolute atomic E-state index is 0.105. The molecule has 2 fully saturated rings. The van der Waals surface area contributed by atoms with E-state index in [0.29, 0.717) is 30.0 Å². The molecule has 1 unspecified atom stereocenters. The number of hydrogen-bond acceptors (Lipinski definition) is 8. The molecule has 3 rings (SSSR count). The van der Waals surface area contributed by atoms with Crippen molar-refractivity contribution >= 4 is 28.1 Å². The summed E-state index contributed by atoms with van der Waals surface area (Å²) in [6.45, 7) is 0.374. The van der Waals surface area contributed by atoms with Crippen LogP contribution in [0.4, 0.5) is 4.79 Å². The average Bonchev–Trinajstić information content (AvgIpc) is 3.06. The molecule has 2 saturated heterocycles. The van der Waals surface area contributed by atoms with Crippen LogP contribution in [0.15, 0.2) is 5.16 Å². The quantitative estimate of drug-likeness (QED) is 0.186. The fourth-order valence-electron chi connectivity index (χ4n) is 3.13. The van der Waals surface area contributed by atoms with Gasteiger partial charge in [0.15, 0.2) is 6.10 Å². The molecule has 5 N–H and O–H groups in total. The first kappa shape index (κ1) is 17.7. The largest absolute Gasteiger partial charge is 0.418 e. The molecule has 3 aliphatic rings. The van der Waals surface area contributed by atoms with E-state index in [1.165, 1.54) is 4.90 Å². The second kappa shape index (κ2) is 6.62. The highest BCUT2D eigenvalue weighted by atomic mass is 32.3. The highest BCUT2D eigenvalue weighted by Gasteiger charge is 2.49. The molecule has 2 bridgehead atoms. The van der Waals surface area contributed by atoms with Crippen molar-refractivity contribution in [3.8, 4) is 0 Å². The van der Waals surface area contributed by atoms with Gasteiger partial charge in [0, 0.05) is 13.0 Å². The molecule has 14 heteroatoms. The molecule has 140 valence electrons. The number of hydroxylamine groups is 3. The monoisotopic (exact) mass is 378 g/mol. The van der Waals surface area contributed by atoms with Gasteiger partial charge in [-0.05, 0) is 12.8 Å². The number of nitrogens with zero attached hydrogens (tertiary/aromatic N) is 3. The van der Waals surface area contributed by atoms with Crippen molar-refractivity contribution in [2.24, 2.45) is 10.9 Å². The lowest BCUT2D eigenvalue weighted by atomic mass is 9.95. The zero-order chi connectivity index (χ0) is 18.2. The number of carbonyl (C=O) groups excluding carboxylic acids is 1. The van der Waals surface area contributed by atoms with Gasteiger partial charge in [0.1, 0.15) is 6.61 Å². The number of oxime groups is 1. The Balaban J connectivity index is 1.58. The highest BCUT2D eigenvalue weighted by Crippen LogP contribution is 2.33. The van der Waals surface area contributed by atoms with Gasteiger partial charge in [0.25, 0.3) is 0 Å². The maximum absolute atomic E-state index is 12.3. The first-order chi connectivity index (χ1) is 11.7. The van der Waals surface area contributed by atoms with E-state index in [1.54, 1.807) is 0 Å². The summed E-state index contributed by atoms with van der Waals surface area (Å²) in [5.74, 6) is -0.334. The van der Waals surface area contributed by atoms with Crippen LogP contribution in [0.2, 0.25) is 0 Å². The van der Waals surface area contributed by atoms with E-state index in [1.807, 2.05) is 0 Å². The van der Waals surface area contributed by atoms with Crippen molar-refractivity contribution < 1.29 is 31.7 Å². The highest BCUT2D eigenvalue weighted by molar-refractivity contribution is 7.80. The Morgan fingerprint density at radius 1 is 1.52 bits per heavy atom. The average molecular weight is 378 g/mol. The van der Waals surface area contributed by atoms with E-state index in [2.05, 4.69) is 14.9 Å². The zero-order valence-electron chi connectivity index (χ0n) is 13.0. The fourth-order valence-corrected chi connectivity index (χ4v) is 3.52. The van der Waals surface area contributed by atoms with Crippen molar-refractivity contribution in [2.75, 3.05) is 13.2 Å². The number of piperidine rings is 1. The molecule has 3 atom stereocenters. The van der Waals surface area contributed by atoms with Crippen molar-refractivity contribution in [2.45, 2.75) is 37.5 Å². The third-order valence-electron chi connectivity index (χ3n) is 4.09. The number of fused-ring (bicyclic) bond motifs is 2. The van der Waals surface area contributed by atoms with E-state index in [4.69, 9.17) is 25.4 Å². The Bertz CT molecular complexity index is 697. The van der Waals surface area contributed by atoms with Gasteiger partial charge in [0.05, 0.1) is 17.8 Å². The lowest BCUT2D eigenvalue weighted by molar-refractivity contribution is -0.0316. The van der Waals surface area contributed by atoms with Gasteiger partial charge < -0.3 is 15.5 Å². The summed E-state index contributed by atoms with van der Waals surface area (Å²) in [7, 11) is -4.77. The van der Waals surface area contributed by atoms with Gasteiger partial charge in [-0.25, -0.2) is 10.3 Å². The summed E-state index contributed by atoms with van der Waals surface area (Å²) in [6, 6.07) is -1.44. The Kier molecular flexibility index (Phi) is 4.68. The van der Waals surface area contributed by atoms with Crippen LogP contribution in [0.3, 0.4) is 0 Å².